The van der Waals surface area contributed by atoms with Crippen molar-refractivity contribution in [1.82, 2.24) is 19.5 Å². The lowest BCUT2D eigenvalue weighted by Gasteiger charge is -2.19. The molecular formula is C13H20N6O5. The van der Waals surface area contributed by atoms with Crippen LogP contribution >= 0.6 is 0 Å². The first-order valence-corrected chi connectivity index (χ1v) is 7.37. The van der Waals surface area contributed by atoms with Gasteiger partial charge in [-0.25, -0.2) is 4.98 Å². The van der Waals surface area contributed by atoms with Gasteiger partial charge in [-0.15, -0.1) is 0 Å². The first-order chi connectivity index (χ1) is 11.6. The Labute approximate surface area is 137 Å². The molecule has 132 valence electrons. The van der Waals surface area contributed by atoms with E-state index in [2.05, 4.69) is 15.0 Å². The molecular weight excluding hydrogens is 320 g/mol. The topological polar surface area (TPSA) is 164 Å². The maximum atomic E-state index is 10.6. The van der Waals surface area contributed by atoms with Crippen LogP contribution in [-0.4, -0.2) is 75.0 Å². The number of rotatable bonds is 6. The first kappa shape index (κ1) is 16.8. The molecule has 1 fully saturated rings. The zero-order valence-corrected chi connectivity index (χ0v) is 13.1. The third kappa shape index (κ3) is 2.87. The molecule has 3 rings (SSSR count). The van der Waals surface area contributed by atoms with Gasteiger partial charge in [-0.1, -0.05) is 0 Å². The van der Waals surface area contributed by atoms with Crippen LogP contribution in [-0.2, 0) is 14.2 Å². The van der Waals surface area contributed by atoms with Crippen LogP contribution < -0.4 is 11.5 Å². The molecule has 3 heterocycles. The monoisotopic (exact) mass is 340 g/mol. The first-order valence-electron chi connectivity index (χ1n) is 7.37. The number of anilines is 2. The fraction of sp³-hybridized carbons (Fsp3) is 0.615. The third-order valence-corrected chi connectivity index (χ3v) is 3.83. The largest absolute Gasteiger partial charge is 0.394 e. The summed E-state index contributed by atoms with van der Waals surface area (Å²) in [5, 5.41) is 20.1. The zero-order valence-electron chi connectivity index (χ0n) is 13.1. The molecule has 24 heavy (non-hydrogen) atoms. The number of imidazole rings is 1. The Morgan fingerprint density at radius 1 is 1.33 bits per heavy atom. The third-order valence-electron chi connectivity index (χ3n) is 3.83. The molecule has 1 aliphatic heterocycles. The average Bonchev–Trinajstić information content (AvgIpc) is 3.09. The van der Waals surface area contributed by atoms with E-state index < -0.39 is 24.5 Å². The highest BCUT2D eigenvalue weighted by atomic mass is 16.6. The summed E-state index contributed by atoms with van der Waals surface area (Å²) in [7, 11) is 1.55. The number of nitrogens with two attached hydrogens (primary N) is 2. The lowest BCUT2D eigenvalue weighted by Crippen LogP contribution is -2.37. The van der Waals surface area contributed by atoms with E-state index in [4.69, 9.17) is 25.7 Å². The van der Waals surface area contributed by atoms with Crippen LogP contribution in [0.25, 0.3) is 11.2 Å². The smallest absolute Gasteiger partial charge is 0.224 e. The van der Waals surface area contributed by atoms with Crippen LogP contribution in [0.5, 0.6) is 0 Å². The summed E-state index contributed by atoms with van der Waals surface area (Å²) < 4.78 is 17.7. The number of hydrogen-bond donors (Lipinski definition) is 4. The van der Waals surface area contributed by atoms with Crippen LogP contribution in [0.3, 0.4) is 0 Å². The maximum Gasteiger partial charge on any atom is 0.224 e. The lowest BCUT2D eigenvalue weighted by atomic mass is 10.1. The molecule has 0 bridgehead atoms. The summed E-state index contributed by atoms with van der Waals surface area (Å²) in [5.74, 6) is 0.121. The molecule has 1 unspecified atom stereocenters. The van der Waals surface area contributed by atoms with Crippen LogP contribution in [0, 0.1) is 0 Å². The number of aromatic nitrogens is 4. The quantitative estimate of drug-likeness (QED) is 0.444. The van der Waals surface area contributed by atoms with Crippen molar-refractivity contribution >= 4 is 22.9 Å². The van der Waals surface area contributed by atoms with Crippen LogP contribution in [0.15, 0.2) is 6.33 Å². The fourth-order valence-electron chi connectivity index (χ4n) is 2.71. The van der Waals surface area contributed by atoms with Crippen molar-refractivity contribution in [3.8, 4) is 0 Å². The van der Waals surface area contributed by atoms with Crippen molar-refractivity contribution in [3.63, 3.8) is 0 Å². The molecule has 2 aromatic rings. The Hall–Kier alpha value is -2.05. The number of aliphatic hydroxyl groups is 2. The van der Waals surface area contributed by atoms with Gasteiger partial charge in [0.05, 0.1) is 26.1 Å². The molecule has 2 aromatic heterocycles. The second-order valence-electron chi connectivity index (χ2n) is 5.36. The van der Waals surface area contributed by atoms with Gasteiger partial charge in [-0.3, -0.25) is 4.57 Å². The minimum atomic E-state index is -1.05. The second-order valence-corrected chi connectivity index (χ2v) is 5.36. The van der Waals surface area contributed by atoms with E-state index in [1.54, 1.807) is 7.11 Å². The molecule has 11 nitrogen and oxygen atoms in total. The van der Waals surface area contributed by atoms with Gasteiger partial charge in [0.25, 0.3) is 0 Å². The van der Waals surface area contributed by atoms with Crippen molar-refractivity contribution in [3.05, 3.63) is 6.33 Å². The highest BCUT2D eigenvalue weighted by Gasteiger charge is 2.45. The van der Waals surface area contributed by atoms with Gasteiger partial charge in [0.2, 0.25) is 5.95 Å². The van der Waals surface area contributed by atoms with E-state index in [9.17, 15) is 10.2 Å². The summed E-state index contributed by atoms with van der Waals surface area (Å²) in [6, 6.07) is 0. The van der Waals surface area contributed by atoms with Crippen molar-refractivity contribution in [2.75, 3.05) is 38.4 Å². The number of ether oxygens (including phenoxy) is 3. The highest BCUT2D eigenvalue weighted by molar-refractivity contribution is 5.82. The zero-order chi connectivity index (χ0) is 17.3. The SMILES string of the molecule is COCCOC1[C@@H](CO)O[C@@H](n2cnc3c(N)nc(N)nc32)[C@H]1O. The normalized spacial score (nSPS) is 27.1. The molecule has 0 spiro atoms. The molecule has 1 aliphatic rings. The van der Waals surface area contributed by atoms with Crippen LogP contribution in [0.2, 0.25) is 0 Å². The summed E-state index contributed by atoms with van der Waals surface area (Å²) in [5.41, 5.74) is 12.1. The molecule has 4 atom stereocenters. The molecule has 6 N–H and O–H groups in total. The number of methoxy groups -OCH3 is 1. The van der Waals surface area contributed by atoms with Crippen LogP contribution in [0.4, 0.5) is 11.8 Å². The standard InChI is InChI=1S/C13H20N6O5/c1-22-2-3-23-9-6(4-20)24-12(8(9)21)19-5-16-7-10(14)17-13(15)18-11(7)19/h5-6,8-9,12,20-21H,2-4H2,1H3,(H4,14,15,17,18)/t6-,8+,9?,12-/m1/s1. The van der Waals surface area contributed by atoms with E-state index in [-0.39, 0.29) is 25.0 Å². The minimum Gasteiger partial charge on any atom is -0.394 e. The number of fused-ring (bicyclic) bond motifs is 1. The van der Waals surface area contributed by atoms with E-state index in [0.29, 0.717) is 17.8 Å². The predicted molar refractivity (Wildman–Crippen MR) is 82.8 cm³/mol. The molecule has 0 saturated carbocycles. The Morgan fingerprint density at radius 3 is 2.83 bits per heavy atom. The molecule has 0 radical (unpaired) electrons. The van der Waals surface area contributed by atoms with E-state index >= 15 is 0 Å². The minimum absolute atomic E-state index is 0.0131. The lowest BCUT2D eigenvalue weighted by molar-refractivity contribution is -0.0678. The number of nitrogens with zero attached hydrogens (tertiary/aromatic N) is 4. The van der Waals surface area contributed by atoms with Gasteiger partial charge in [-0.05, 0) is 0 Å². The van der Waals surface area contributed by atoms with Gasteiger partial charge in [0, 0.05) is 7.11 Å². The molecule has 0 aliphatic carbocycles. The average molecular weight is 340 g/mol. The van der Waals surface area contributed by atoms with E-state index in [1.165, 1.54) is 10.9 Å². The Kier molecular flexibility index (Phi) is 4.78. The van der Waals surface area contributed by atoms with Gasteiger partial charge in [0.15, 0.2) is 17.7 Å². The fourth-order valence-corrected chi connectivity index (χ4v) is 2.71. The Balaban J connectivity index is 1.89. The van der Waals surface area contributed by atoms with Crippen molar-refractivity contribution < 1.29 is 24.4 Å². The number of nitrogen functional groups attached to an aromatic ring is 2. The highest BCUT2D eigenvalue weighted by Crippen LogP contribution is 2.33. The van der Waals surface area contributed by atoms with E-state index in [1.807, 2.05) is 0 Å². The second kappa shape index (κ2) is 6.83. The van der Waals surface area contributed by atoms with Crippen molar-refractivity contribution in [2.45, 2.75) is 24.5 Å². The van der Waals surface area contributed by atoms with Crippen LogP contribution in [0.1, 0.15) is 6.23 Å². The van der Waals surface area contributed by atoms with Gasteiger partial charge >= 0.3 is 0 Å². The predicted octanol–water partition coefficient (Wildman–Crippen LogP) is -1.73. The summed E-state index contributed by atoms with van der Waals surface area (Å²) in [6.07, 6.45) is -1.89. The summed E-state index contributed by atoms with van der Waals surface area (Å²) in [6.45, 7) is 0.314. The van der Waals surface area contributed by atoms with E-state index in [0.717, 1.165) is 0 Å². The van der Waals surface area contributed by atoms with Gasteiger partial charge in [0.1, 0.15) is 23.8 Å². The van der Waals surface area contributed by atoms with Gasteiger partial charge < -0.3 is 35.9 Å². The number of hydrogen-bond acceptors (Lipinski definition) is 10. The number of aliphatic hydroxyl groups excluding tert-OH is 2. The Bertz CT molecular complexity index is 709. The summed E-state index contributed by atoms with van der Waals surface area (Å²) >= 11 is 0. The molecule has 0 aromatic carbocycles. The van der Waals surface area contributed by atoms with Crippen molar-refractivity contribution in [2.24, 2.45) is 0 Å². The van der Waals surface area contributed by atoms with Crippen molar-refractivity contribution in [1.29, 1.82) is 0 Å². The summed E-state index contributed by atoms with van der Waals surface area (Å²) in [4.78, 5) is 12.1. The Morgan fingerprint density at radius 2 is 2.12 bits per heavy atom. The molecule has 11 heteroatoms. The van der Waals surface area contributed by atoms with Gasteiger partial charge in [-0.2, -0.15) is 9.97 Å². The maximum absolute atomic E-state index is 10.6. The molecule has 1 saturated heterocycles. The molecule has 0 amide bonds.